The smallest absolute Gasteiger partial charge is 0.334 e. The van der Waals surface area contributed by atoms with Crippen LogP contribution in [0.1, 0.15) is 5.56 Å². The normalized spacial score (nSPS) is 11.3. The van der Waals surface area contributed by atoms with Crippen molar-refractivity contribution in [3.63, 3.8) is 0 Å². The molecule has 0 heterocycles. The van der Waals surface area contributed by atoms with E-state index < -0.39 is 0 Å². The largest absolute Gasteiger partial charge is 0.466 e. The van der Waals surface area contributed by atoms with Gasteiger partial charge in [0, 0.05) is 15.4 Å². The molecule has 0 amide bonds. The van der Waals surface area contributed by atoms with Crippen LogP contribution >= 0.6 is 31.9 Å². The van der Waals surface area contributed by atoms with Gasteiger partial charge in [0.05, 0.1) is 7.11 Å². The molecule has 0 aliphatic carbocycles. The highest BCUT2D eigenvalue weighted by Crippen LogP contribution is 2.14. The molecule has 0 radical (unpaired) electrons. The van der Waals surface area contributed by atoms with Crippen molar-refractivity contribution in [1.29, 1.82) is 0 Å². The number of alkyl halides is 1. The van der Waals surface area contributed by atoms with Crippen molar-refractivity contribution in [2.45, 2.75) is 0 Å². The van der Waals surface area contributed by atoms with Gasteiger partial charge < -0.3 is 4.74 Å². The highest BCUT2D eigenvalue weighted by molar-refractivity contribution is 9.10. The van der Waals surface area contributed by atoms with Crippen LogP contribution in [-0.4, -0.2) is 18.4 Å². The number of hydrogen-bond acceptors (Lipinski definition) is 2. The first-order valence-corrected chi connectivity index (χ1v) is 6.19. The van der Waals surface area contributed by atoms with Crippen LogP contribution in [0.4, 0.5) is 0 Å². The second-order valence-corrected chi connectivity index (χ2v) is 4.32. The van der Waals surface area contributed by atoms with Gasteiger partial charge in [-0.3, -0.25) is 0 Å². The fourth-order valence-corrected chi connectivity index (χ4v) is 1.70. The summed E-state index contributed by atoms with van der Waals surface area (Å²) in [6.07, 6.45) is 1.80. The molecule has 1 aromatic carbocycles. The SMILES string of the molecule is COC(=O)/C(=C\c1ccc(Br)cc1)CBr. The first-order valence-electron chi connectivity index (χ1n) is 4.28. The summed E-state index contributed by atoms with van der Waals surface area (Å²) in [5.74, 6) is -0.310. The Balaban J connectivity index is 2.93. The van der Waals surface area contributed by atoms with Crippen molar-refractivity contribution in [3.8, 4) is 0 Å². The van der Waals surface area contributed by atoms with E-state index in [0.717, 1.165) is 10.0 Å². The highest BCUT2D eigenvalue weighted by atomic mass is 79.9. The minimum Gasteiger partial charge on any atom is -0.466 e. The average molecular weight is 334 g/mol. The second-order valence-electron chi connectivity index (χ2n) is 2.85. The van der Waals surface area contributed by atoms with E-state index in [-0.39, 0.29) is 5.97 Å². The summed E-state index contributed by atoms with van der Waals surface area (Å²) >= 11 is 6.60. The zero-order valence-corrected chi connectivity index (χ0v) is 11.3. The quantitative estimate of drug-likeness (QED) is 0.481. The van der Waals surface area contributed by atoms with E-state index in [1.807, 2.05) is 24.3 Å². The topological polar surface area (TPSA) is 26.3 Å². The van der Waals surface area contributed by atoms with Crippen molar-refractivity contribution in [2.75, 3.05) is 12.4 Å². The van der Waals surface area contributed by atoms with Crippen LogP contribution in [0.15, 0.2) is 34.3 Å². The number of benzene rings is 1. The molecule has 2 nitrogen and oxygen atoms in total. The Morgan fingerprint density at radius 2 is 2.00 bits per heavy atom. The molecule has 15 heavy (non-hydrogen) atoms. The number of hydrogen-bond donors (Lipinski definition) is 0. The number of carbonyl (C=O) groups excluding carboxylic acids is 1. The Labute approximate surface area is 106 Å². The van der Waals surface area contributed by atoms with E-state index in [9.17, 15) is 4.79 Å². The van der Waals surface area contributed by atoms with E-state index in [1.165, 1.54) is 7.11 Å². The molecular formula is C11H10Br2O2. The van der Waals surface area contributed by atoms with Crippen molar-refractivity contribution in [1.82, 2.24) is 0 Å². The van der Waals surface area contributed by atoms with Crippen molar-refractivity contribution in [3.05, 3.63) is 39.9 Å². The third kappa shape index (κ3) is 3.80. The lowest BCUT2D eigenvalue weighted by atomic mass is 10.1. The van der Waals surface area contributed by atoms with Gasteiger partial charge in [0.1, 0.15) is 0 Å². The first-order chi connectivity index (χ1) is 7.17. The maximum atomic E-state index is 11.3. The fourth-order valence-electron chi connectivity index (χ4n) is 1.04. The lowest BCUT2D eigenvalue weighted by molar-refractivity contribution is -0.135. The number of methoxy groups -OCH3 is 1. The maximum Gasteiger partial charge on any atom is 0.334 e. The minimum absolute atomic E-state index is 0.310. The van der Waals surface area contributed by atoms with Gasteiger partial charge in [-0.15, -0.1) is 0 Å². The molecular weight excluding hydrogens is 324 g/mol. The molecule has 0 spiro atoms. The molecule has 0 unspecified atom stereocenters. The van der Waals surface area contributed by atoms with E-state index in [1.54, 1.807) is 6.08 Å². The Morgan fingerprint density at radius 3 is 2.47 bits per heavy atom. The fraction of sp³-hybridized carbons (Fsp3) is 0.182. The molecule has 0 N–H and O–H groups in total. The van der Waals surface area contributed by atoms with E-state index in [4.69, 9.17) is 0 Å². The van der Waals surface area contributed by atoms with Gasteiger partial charge in [0.2, 0.25) is 0 Å². The Hall–Kier alpha value is -0.610. The monoisotopic (exact) mass is 332 g/mol. The predicted molar refractivity (Wildman–Crippen MR) is 67.9 cm³/mol. The summed E-state index contributed by atoms with van der Waals surface area (Å²) < 4.78 is 5.66. The van der Waals surface area contributed by atoms with Crippen molar-refractivity contribution < 1.29 is 9.53 Å². The van der Waals surface area contributed by atoms with Gasteiger partial charge >= 0.3 is 5.97 Å². The molecule has 0 saturated carbocycles. The van der Waals surface area contributed by atoms with Crippen molar-refractivity contribution >= 4 is 43.9 Å². The van der Waals surface area contributed by atoms with Crippen LogP contribution in [-0.2, 0) is 9.53 Å². The molecule has 0 atom stereocenters. The molecule has 0 aromatic heterocycles. The third-order valence-corrected chi connectivity index (χ3v) is 2.94. The Bertz CT molecular complexity index is 369. The summed E-state index contributed by atoms with van der Waals surface area (Å²) in [4.78, 5) is 11.3. The van der Waals surface area contributed by atoms with E-state index in [2.05, 4.69) is 36.6 Å². The third-order valence-electron chi connectivity index (χ3n) is 1.80. The Kier molecular flexibility index (Phi) is 5.05. The molecule has 4 heteroatoms. The van der Waals surface area contributed by atoms with Gasteiger partial charge in [0.25, 0.3) is 0 Å². The molecule has 0 saturated heterocycles. The summed E-state index contributed by atoms with van der Waals surface area (Å²) in [5.41, 5.74) is 1.57. The number of halogens is 2. The lowest BCUT2D eigenvalue weighted by Gasteiger charge is -2.01. The van der Waals surface area contributed by atoms with Gasteiger partial charge in [-0.1, -0.05) is 44.0 Å². The second kappa shape index (κ2) is 6.08. The highest BCUT2D eigenvalue weighted by Gasteiger charge is 2.07. The lowest BCUT2D eigenvalue weighted by Crippen LogP contribution is -2.05. The zero-order valence-electron chi connectivity index (χ0n) is 8.17. The number of esters is 1. The molecule has 1 rings (SSSR count). The standard InChI is InChI=1S/C11H10Br2O2/c1-15-11(14)9(7-12)6-8-2-4-10(13)5-3-8/h2-6H,7H2,1H3/b9-6-. The molecule has 1 aromatic rings. The summed E-state index contributed by atoms with van der Waals surface area (Å²) in [7, 11) is 1.38. The maximum absolute atomic E-state index is 11.3. The first kappa shape index (κ1) is 12.5. The van der Waals surface area contributed by atoms with Crippen LogP contribution in [0.5, 0.6) is 0 Å². The molecule has 0 fully saturated rings. The van der Waals surface area contributed by atoms with Gasteiger partial charge in [-0.25, -0.2) is 4.79 Å². The summed E-state index contributed by atoms with van der Waals surface area (Å²) in [5, 5.41) is 0.482. The van der Waals surface area contributed by atoms with Gasteiger partial charge in [-0.05, 0) is 23.8 Å². The molecule has 0 aliphatic heterocycles. The minimum atomic E-state index is -0.310. The average Bonchev–Trinajstić information content (AvgIpc) is 2.27. The zero-order chi connectivity index (χ0) is 11.3. The van der Waals surface area contributed by atoms with E-state index >= 15 is 0 Å². The van der Waals surface area contributed by atoms with Crippen LogP contribution in [0.3, 0.4) is 0 Å². The number of ether oxygens (including phenoxy) is 1. The van der Waals surface area contributed by atoms with Gasteiger partial charge in [-0.2, -0.15) is 0 Å². The van der Waals surface area contributed by atoms with Crippen LogP contribution in [0.25, 0.3) is 6.08 Å². The van der Waals surface area contributed by atoms with Crippen molar-refractivity contribution in [2.24, 2.45) is 0 Å². The Morgan fingerprint density at radius 1 is 1.40 bits per heavy atom. The summed E-state index contributed by atoms with van der Waals surface area (Å²) in [6.45, 7) is 0. The van der Waals surface area contributed by atoms with Crippen LogP contribution < -0.4 is 0 Å². The van der Waals surface area contributed by atoms with Crippen LogP contribution in [0, 0.1) is 0 Å². The van der Waals surface area contributed by atoms with E-state index in [0.29, 0.717) is 10.9 Å². The molecule has 0 bridgehead atoms. The molecule has 80 valence electrons. The predicted octanol–water partition coefficient (Wildman–Crippen LogP) is 3.40. The summed E-state index contributed by atoms with van der Waals surface area (Å²) in [6, 6.07) is 7.70. The van der Waals surface area contributed by atoms with Crippen LogP contribution in [0.2, 0.25) is 0 Å². The number of rotatable bonds is 3. The molecule has 0 aliphatic rings. The van der Waals surface area contributed by atoms with Gasteiger partial charge in [0.15, 0.2) is 0 Å². The number of carbonyl (C=O) groups is 1.